The van der Waals surface area contributed by atoms with Crippen molar-refractivity contribution < 1.29 is 23.9 Å². The van der Waals surface area contributed by atoms with E-state index >= 15 is 0 Å². The number of hydrogen-bond donors (Lipinski definition) is 3. The van der Waals surface area contributed by atoms with Crippen molar-refractivity contribution >= 4 is 23.5 Å². The quantitative estimate of drug-likeness (QED) is 0.737. The minimum absolute atomic E-state index is 0.0655. The van der Waals surface area contributed by atoms with E-state index in [1.54, 1.807) is 6.92 Å². The van der Waals surface area contributed by atoms with Crippen LogP contribution in [0.1, 0.15) is 40.3 Å². The molecule has 0 fully saturated rings. The Morgan fingerprint density at radius 3 is 2.85 bits per heavy atom. The highest BCUT2D eigenvalue weighted by Crippen LogP contribution is 2.27. The van der Waals surface area contributed by atoms with Crippen LogP contribution in [-0.4, -0.2) is 22.9 Å². The number of carboxylic acid groups (broad SMARTS) is 1. The standard InChI is InChI=1S/C19H20N2O5/c1-11-15(19(24)25)9-14(26-11)10-20-17(22)7-6-13-8-12-4-2-3-5-16(12)21-18(13)23/h2-5,9,13H,6-8,10H2,1H3,(H,20,22)(H,21,23)(H,24,25). The Morgan fingerprint density at radius 2 is 2.12 bits per heavy atom. The average Bonchev–Trinajstić information content (AvgIpc) is 2.99. The molecule has 3 rings (SSSR count). The summed E-state index contributed by atoms with van der Waals surface area (Å²) in [6, 6.07) is 9.05. The van der Waals surface area contributed by atoms with Crippen LogP contribution >= 0.6 is 0 Å². The third kappa shape index (κ3) is 3.93. The monoisotopic (exact) mass is 356 g/mol. The van der Waals surface area contributed by atoms with Gasteiger partial charge in [0.25, 0.3) is 0 Å². The van der Waals surface area contributed by atoms with E-state index in [4.69, 9.17) is 9.52 Å². The van der Waals surface area contributed by atoms with Crippen molar-refractivity contribution in [1.82, 2.24) is 5.32 Å². The van der Waals surface area contributed by atoms with Crippen LogP contribution in [0.25, 0.3) is 0 Å². The minimum Gasteiger partial charge on any atom is -0.478 e. The predicted molar refractivity (Wildman–Crippen MR) is 93.8 cm³/mol. The Labute approximate surface area is 150 Å². The largest absolute Gasteiger partial charge is 0.478 e. The van der Waals surface area contributed by atoms with E-state index < -0.39 is 5.97 Å². The maximum atomic E-state index is 12.1. The summed E-state index contributed by atoms with van der Waals surface area (Å²) in [5, 5.41) is 14.6. The van der Waals surface area contributed by atoms with Crippen molar-refractivity contribution in [3.8, 4) is 0 Å². The molecule has 0 saturated heterocycles. The summed E-state index contributed by atoms with van der Waals surface area (Å²) in [6.45, 7) is 1.68. The van der Waals surface area contributed by atoms with Crippen LogP contribution < -0.4 is 10.6 Å². The summed E-state index contributed by atoms with van der Waals surface area (Å²) in [5.41, 5.74) is 2.00. The van der Waals surface area contributed by atoms with Gasteiger partial charge in [-0.1, -0.05) is 18.2 Å². The number of carbonyl (C=O) groups is 3. The summed E-state index contributed by atoms with van der Waals surface area (Å²) in [5.74, 6) is -0.878. The van der Waals surface area contributed by atoms with E-state index in [-0.39, 0.29) is 36.3 Å². The first-order valence-corrected chi connectivity index (χ1v) is 8.42. The molecule has 1 unspecified atom stereocenters. The zero-order chi connectivity index (χ0) is 18.7. The van der Waals surface area contributed by atoms with Crippen molar-refractivity contribution in [1.29, 1.82) is 0 Å². The zero-order valence-electron chi connectivity index (χ0n) is 14.4. The topological polar surface area (TPSA) is 109 Å². The van der Waals surface area contributed by atoms with Gasteiger partial charge in [-0.15, -0.1) is 0 Å². The van der Waals surface area contributed by atoms with Gasteiger partial charge in [0.15, 0.2) is 0 Å². The van der Waals surface area contributed by atoms with Crippen LogP contribution in [0, 0.1) is 12.8 Å². The lowest BCUT2D eigenvalue weighted by Gasteiger charge is -2.24. The van der Waals surface area contributed by atoms with Crippen LogP contribution in [-0.2, 0) is 22.6 Å². The van der Waals surface area contributed by atoms with Crippen molar-refractivity contribution in [3.63, 3.8) is 0 Å². The summed E-state index contributed by atoms with van der Waals surface area (Å²) < 4.78 is 5.32. The van der Waals surface area contributed by atoms with Gasteiger partial charge in [0.2, 0.25) is 11.8 Å². The lowest BCUT2D eigenvalue weighted by molar-refractivity contribution is -0.123. The average molecular weight is 356 g/mol. The van der Waals surface area contributed by atoms with Crippen LogP contribution in [0.5, 0.6) is 0 Å². The number of anilines is 1. The molecular formula is C19H20N2O5. The maximum Gasteiger partial charge on any atom is 0.339 e. The molecule has 2 amide bonds. The molecule has 7 nitrogen and oxygen atoms in total. The molecule has 0 radical (unpaired) electrons. The fourth-order valence-electron chi connectivity index (χ4n) is 3.07. The first-order chi connectivity index (χ1) is 12.4. The number of furan rings is 1. The van der Waals surface area contributed by atoms with Crippen LogP contribution in [0.3, 0.4) is 0 Å². The van der Waals surface area contributed by atoms with Gasteiger partial charge in [-0.2, -0.15) is 0 Å². The molecule has 0 spiro atoms. The molecular weight excluding hydrogens is 336 g/mol. The number of benzene rings is 1. The summed E-state index contributed by atoms with van der Waals surface area (Å²) >= 11 is 0. The number of carboxylic acids is 1. The summed E-state index contributed by atoms with van der Waals surface area (Å²) in [6.07, 6.45) is 1.28. The van der Waals surface area contributed by atoms with Gasteiger partial charge in [0, 0.05) is 18.0 Å². The lowest BCUT2D eigenvalue weighted by Crippen LogP contribution is -2.31. The number of fused-ring (bicyclic) bond motifs is 1. The highest BCUT2D eigenvalue weighted by atomic mass is 16.4. The normalized spacial score (nSPS) is 15.9. The number of rotatable bonds is 6. The van der Waals surface area contributed by atoms with Gasteiger partial charge in [0.05, 0.1) is 6.54 Å². The molecule has 0 bridgehead atoms. The smallest absolute Gasteiger partial charge is 0.339 e. The predicted octanol–water partition coefficient (Wildman–Crippen LogP) is 2.49. The number of aryl methyl sites for hydroxylation is 1. The Hall–Kier alpha value is -3.09. The number of carbonyl (C=O) groups excluding carboxylic acids is 2. The Morgan fingerprint density at radius 1 is 1.35 bits per heavy atom. The van der Waals surface area contributed by atoms with Gasteiger partial charge in [-0.25, -0.2) is 4.79 Å². The second-order valence-electron chi connectivity index (χ2n) is 6.35. The van der Waals surface area contributed by atoms with Gasteiger partial charge < -0.3 is 20.2 Å². The Bertz CT molecular complexity index is 855. The molecule has 1 aromatic carbocycles. The fourth-order valence-corrected chi connectivity index (χ4v) is 3.07. The van der Waals surface area contributed by atoms with E-state index in [0.29, 0.717) is 24.4 Å². The molecule has 136 valence electrons. The van der Waals surface area contributed by atoms with Gasteiger partial charge in [0.1, 0.15) is 17.1 Å². The highest BCUT2D eigenvalue weighted by Gasteiger charge is 2.26. The molecule has 2 heterocycles. The second-order valence-corrected chi connectivity index (χ2v) is 6.35. The molecule has 2 aromatic rings. The first-order valence-electron chi connectivity index (χ1n) is 8.42. The third-order valence-corrected chi connectivity index (χ3v) is 4.49. The third-order valence-electron chi connectivity index (χ3n) is 4.49. The molecule has 26 heavy (non-hydrogen) atoms. The molecule has 0 aliphatic carbocycles. The number of para-hydroxylation sites is 1. The molecule has 1 aliphatic rings. The van der Waals surface area contributed by atoms with E-state index in [0.717, 1.165) is 11.3 Å². The number of nitrogens with one attached hydrogen (secondary N) is 2. The molecule has 0 saturated carbocycles. The van der Waals surface area contributed by atoms with Crippen molar-refractivity contribution in [3.05, 3.63) is 53.0 Å². The van der Waals surface area contributed by atoms with Crippen molar-refractivity contribution in [2.24, 2.45) is 5.92 Å². The van der Waals surface area contributed by atoms with Crippen LogP contribution in [0.2, 0.25) is 0 Å². The molecule has 1 atom stereocenters. The van der Waals surface area contributed by atoms with Crippen LogP contribution in [0.4, 0.5) is 5.69 Å². The van der Waals surface area contributed by atoms with E-state index in [2.05, 4.69) is 10.6 Å². The van der Waals surface area contributed by atoms with E-state index in [1.807, 2.05) is 24.3 Å². The second kappa shape index (κ2) is 7.43. The number of hydrogen-bond acceptors (Lipinski definition) is 4. The Balaban J connectivity index is 1.49. The van der Waals surface area contributed by atoms with Crippen molar-refractivity contribution in [2.75, 3.05) is 5.32 Å². The van der Waals surface area contributed by atoms with E-state index in [1.165, 1.54) is 6.07 Å². The lowest BCUT2D eigenvalue weighted by atomic mass is 9.89. The van der Waals surface area contributed by atoms with Crippen LogP contribution in [0.15, 0.2) is 34.7 Å². The zero-order valence-corrected chi connectivity index (χ0v) is 14.4. The first kappa shape index (κ1) is 17.7. The van der Waals surface area contributed by atoms with Gasteiger partial charge in [-0.3, -0.25) is 9.59 Å². The molecule has 1 aliphatic heterocycles. The van der Waals surface area contributed by atoms with Crippen molar-refractivity contribution in [2.45, 2.75) is 32.7 Å². The SMILES string of the molecule is Cc1oc(CNC(=O)CCC2Cc3ccccc3NC2=O)cc1C(=O)O. The summed E-state index contributed by atoms with van der Waals surface area (Å²) in [7, 11) is 0. The molecule has 7 heteroatoms. The highest BCUT2D eigenvalue weighted by molar-refractivity contribution is 5.96. The minimum atomic E-state index is -1.06. The Kier molecular flexibility index (Phi) is 5.06. The summed E-state index contributed by atoms with van der Waals surface area (Å²) in [4.78, 5) is 35.2. The fraction of sp³-hybridized carbons (Fsp3) is 0.316. The number of amides is 2. The molecule has 1 aromatic heterocycles. The van der Waals surface area contributed by atoms with Gasteiger partial charge in [-0.05, 0) is 37.5 Å². The number of aromatic carboxylic acids is 1. The maximum absolute atomic E-state index is 12.1. The van der Waals surface area contributed by atoms with Gasteiger partial charge >= 0.3 is 5.97 Å². The molecule has 3 N–H and O–H groups in total. The van der Waals surface area contributed by atoms with E-state index in [9.17, 15) is 14.4 Å².